The zero-order valence-corrected chi connectivity index (χ0v) is 14.6. The molecule has 2 aromatic carbocycles. The number of carbonyl (C=O) groups is 2. The number of aliphatic carboxylic acids is 1. The van der Waals surface area contributed by atoms with Gasteiger partial charge in [-0.05, 0) is 30.0 Å². The van der Waals surface area contributed by atoms with Gasteiger partial charge in [-0.1, -0.05) is 36.4 Å². The Morgan fingerprint density at radius 1 is 1.26 bits per heavy atom. The van der Waals surface area contributed by atoms with Gasteiger partial charge in [0, 0.05) is 18.2 Å². The van der Waals surface area contributed by atoms with Crippen molar-refractivity contribution < 1.29 is 24.4 Å². The normalized spacial score (nSPS) is 18.5. The molecule has 0 radical (unpaired) electrons. The number of amides is 1. The van der Waals surface area contributed by atoms with Gasteiger partial charge in [-0.15, -0.1) is 0 Å². The molecule has 0 aliphatic carbocycles. The predicted octanol–water partition coefficient (Wildman–Crippen LogP) is 3.30. The van der Waals surface area contributed by atoms with E-state index in [-0.39, 0.29) is 17.9 Å². The summed E-state index contributed by atoms with van der Waals surface area (Å²) in [5.74, 6) is -1.26. The van der Waals surface area contributed by atoms with Crippen molar-refractivity contribution in [2.75, 3.05) is 0 Å². The summed E-state index contributed by atoms with van der Waals surface area (Å²) in [6, 6.07) is 11.4. The van der Waals surface area contributed by atoms with Crippen LogP contribution in [0.3, 0.4) is 0 Å². The minimum Gasteiger partial charge on any atom is -0.479 e. The van der Waals surface area contributed by atoms with Crippen LogP contribution in [0.5, 0.6) is 0 Å². The van der Waals surface area contributed by atoms with Crippen LogP contribution in [0.15, 0.2) is 48.5 Å². The van der Waals surface area contributed by atoms with E-state index in [1.165, 1.54) is 12.1 Å². The van der Waals surface area contributed by atoms with Crippen LogP contribution >= 0.6 is 0 Å². The van der Waals surface area contributed by atoms with Crippen molar-refractivity contribution in [2.45, 2.75) is 32.0 Å². The lowest BCUT2D eigenvalue weighted by Gasteiger charge is -2.38. The number of nitrogens with zero attached hydrogens (tertiary/aromatic N) is 2. The number of carboxylic acid groups (broad SMARTS) is 1. The number of carboxylic acids is 1. The SMILES string of the molecule is C[C@H]1Cc2ccc([N+](=O)[O-])cc2C(C(=O)O)N1C(=O)OCc1ccccc1. The summed E-state index contributed by atoms with van der Waals surface area (Å²) in [5.41, 5.74) is 1.48. The maximum absolute atomic E-state index is 12.6. The van der Waals surface area contributed by atoms with Gasteiger partial charge in [-0.2, -0.15) is 0 Å². The first-order valence-electron chi connectivity index (χ1n) is 8.37. The monoisotopic (exact) mass is 370 g/mol. The van der Waals surface area contributed by atoms with Crippen LogP contribution in [0, 0.1) is 10.1 Å². The minimum absolute atomic E-state index is 0.0109. The number of carbonyl (C=O) groups excluding carboxylic acids is 1. The third kappa shape index (κ3) is 3.74. The molecule has 0 saturated carbocycles. The van der Waals surface area contributed by atoms with Gasteiger partial charge in [0.1, 0.15) is 6.61 Å². The van der Waals surface area contributed by atoms with Crippen LogP contribution in [-0.4, -0.2) is 33.0 Å². The Balaban J connectivity index is 1.89. The average molecular weight is 370 g/mol. The summed E-state index contributed by atoms with van der Waals surface area (Å²) in [6.07, 6.45) is -0.381. The van der Waals surface area contributed by atoms with E-state index >= 15 is 0 Å². The second-order valence-electron chi connectivity index (χ2n) is 6.38. The number of ether oxygens (including phenoxy) is 1. The van der Waals surface area contributed by atoms with Crippen molar-refractivity contribution in [2.24, 2.45) is 0 Å². The third-order valence-corrected chi connectivity index (χ3v) is 4.55. The van der Waals surface area contributed by atoms with Gasteiger partial charge in [0.25, 0.3) is 5.69 Å². The summed E-state index contributed by atoms with van der Waals surface area (Å²) in [5, 5.41) is 20.8. The second-order valence-corrected chi connectivity index (χ2v) is 6.38. The number of nitro groups is 1. The van der Waals surface area contributed by atoms with Crippen molar-refractivity contribution in [3.8, 4) is 0 Å². The highest BCUT2D eigenvalue weighted by atomic mass is 16.6. The molecule has 8 nitrogen and oxygen atoms in total. The summed E-state index contributed by atoms with van der Waals surface area (Å²) in [4.78, 5) is 36.1. The van der Waals surface area contributed by atoms with Crippen LogP contribution in [0.4, 0.5) is 10.5 Å². The average Bonchev–Trinajstić information content (AvgIpc) is 2.65. The number of non-ortho nitro benzene ring substituents is 1. The summed E-state index contributed by atoms with van der Waals surface area (Å²) in [6.45, 7) is 1.74. The molecule has 0 fully saturated rings. The van der Waals surface area contributed by atoms with Gasteiger partial charge in [-0.25, -0.2) is 9.59 Å². The number of fused-ring (bicyclic) bond motifs is 1. The molecule has 8 heteroatoms. The summed E-state index contributed by atoms with van der Waals surface area (Å²) >= 11 is 0. The van der Waals surface area contributed by atoms with E-state index in [9.17, 15) is 24.8 Å². The van der Waals surface area contributed by atoms with E-state index in [0.717, 1.165) is 10.5 Å². The molecule has 2 aromatic rings. The molecular weight excluding hydrogens is 352 g/mol. The molecule has 0 bridgehead atoms. The predicted molar refractivity (Wildman–Crippen MR) is 95.1 cm³/mol. The fourth-order valence-corrected chi connectivity index (χ4v) is 3.29. The number of hydrogen-bond acceptors (Lipinski definition) is 5. The van der Waals surface area contributed by atoms with Crippen LogP contribution < -0.4 is 0 Å². The van der Waals surface area contributed by atoms with Gasteiger partial charge in [0.15, 0.2) is 6.04 Å². The van der Waals surface area contributed by atoms with Crippen molar-refractivity contribution in [1.82, 2.24) is 4.90 Å². The molecule has 1 aliphatic heterocycles. The van der Waals surface area contributed by atoms with E-state index in [1.807, 2.05) is 18.2 Å². The van der Waals surface area contributed by atoms with Crippen molar-refractivity contribution in [3.05, 3.63) is 75.3 Å². The van der Waals surface area contributed by atoms with Crippen LogP contribution in [0.25, 0.3) is 0 Å². The molecule has 27 heavy (non-hydrogen) atoms. The lowest BCUT2D eigenvalue weighted by molar-refractivity contribution is -0.385. The Labute approximate surface area is 155 Å². The molecule has 1 amide bonds. The van der Waals surface area contributed by atoms with Crippen molar-refractivity contribution >= 4 is 17.7 Å². The molecule has 0 spiro atoms. The highest BCUT2D eigenvalue weighted by molar-refractivity contribution is 5.83. The molecule has 0 aromatic heterocycles. The Kier molecular flexibility index (Phi) is 5.07. The van der Waals surface area contributed by atoms with E-state index < -0.39 is 29.1 Å². The molecule has 1 unspecified atom stereocenters. The molecule has 2 atom stereocenters. The second kappa shape index (κ2) is 7.45. The molecule has 1 heterocycles. The van der Waals surface area contributed by atoms with Crippen LogP contribution in [-0.2, 0) is 22.6 Å². The molecule has 1 aliphatic rings. The first-order valence-corrected chi connectivity index (χ1v) is 8.37. The Morgan fingerprint density at radius 3 is 2.59 bits per heavy atom. The Bertz CT molecular complexity index is 883. The first-order chi connectivity index (χ1) is 12.9. The Hall–Kier alpha value is -3.42. The minimum atomic E-state index is -1.34. The van der Waals surface area contributed by atoms with Crippen LogP contribution in [0.2, 0.25) is 0 Å². The fraction of sp³-hybridized carbons (Fsp3) is 0.263. The zero-order valence-electron chi connectivity index (χ0n) is 14.6. The van der Waals surface area contributed by atoms with E-state index in [2.05, 4.69) is 0 Å². The fourth-order valence-electron chi connectivity index (χ4n) is 3.29. The van der Waals surface area contributed by atoms with Gasteiger partial charge in [-0.3, -0.25) is 15.0 Å². The van der Waals surface area contributed by atoms with Crippen molar-refractivity contribution in [1.29, 1.82) is 0 Å². The molecule has 140 valence electrons. The lowest BCUT2D eigenvalue weighted by atomic mass is 9.88. The lowest BCUT2D eigenvalue weighted by Crippen LogP contribution is -2.48. The topological polar surface area (TPSA) is 110 Å². The number of nitro benzene ring substituents is 1. The first kappa shape index (κ1) is 18.4. The summed E-state index contributed by atoms with van der Waals surface area (Å²) in [7, 11) is 0. The number of benzene rings is 2. The highest BCUT2D eigenvalue weighted by Crippen LogP contribution is 2.36. The molecule has 0 saturated heterocycles. The van der Waals surface area contributed by atoms with Crippen LogP contribution in [0.1, 0.15) is 29.7 Å². The highest BCUT2D eigenvalue weighted by Gasteiger charge is 2.41. The molecule has 3 rings (SSSR count). The smallest absolute Gasteiger partial charge is 0.411 e. The summed E-state index contributed by atoms with van der Waals surface area (Å²) < 4.78 is 5.30. The molecule has 1 N–H and O–H groups in total. The van der Waals surface area contributed by atoms with Gasteiger partial charge in [0.2, 0.25) is 0 Å². The standard InChI is InChI=1S/C19H18N2O6/c1-12-9-14-7-8-15(21(25)26)10-16(14)17(18(22)23)20(12)19(24)27-11-13-5-3-2-4-6-13/h2-8,10,12,17H,9,11H2,1H3,(H,22,23)/t12-,17?/m0/s1. The van der Waals surface area contributed by atoms with E-state index in [4.69, 9.17) is 4.74 Å². The quantitative estimate of drug-likeness (QED) is 0.653. The van der Waals surface area contributed by atoms with Gasteiger partial charge < -0.3 is 9.84 Å². The maximum Gasteiger partial charge on any atom is 0.411 e. The largest absolute Gasteiger partial charge is 0.479 e. The number of hydrogen-bond donors (Lipinski definition) is 1. The van der Waals surface area contributed by atoms with Crippen molar-refractivity contribution in [3.63, 3.8) is 0 Å². The number of rotatable bonds is 4. The maximum atomic E-state index is 12.6. The zero-order chi connectivity index (χ0) is 19.6. The molecular formula is C19H18N2O6. The van der Waals surface area contributed by atoms with Gasteiger partial charge >= 0.3 is 12.1 Å². The van der Waals surface area contributed by atoms with Gasteiger partial charge in [0.05, 0.1) is 4.92 Å². The third-order valence-electron chi connectivity index (χ3n) is 4.55. The van der Waals surface area contributed by atoms with E-state index in [1.54, 1.807) is 25.1 Å². The van der Waals surface area contributed by atoms with E-state index in [0.29, 0.717) is 12.0 Å². The Morgan fingerprint density at radius 2 is 1.96 bits per heavy atom.